The van der Waals surface area contributed by atoms with Crippen LogP contribution in [0.1, 0.15) is 10.4 Å². The number of rotatable bonds is 5. The molecular weight excluding hydrogens is 442 g/mol. The number of carbonyl (C=O) groups is 1. The molecule has 0 spiro atoms. The van der Waals surface area contributed by atoms with Gasteiger partial charge in [0, 0.05) is 32.7 Å². The lowest BCUT2D eigenvalue weighted by Gasteiger charge is -2.26. The van der Waals surface area contributed by atoms with Gasteiger partial charge in [0.1, 0.15) is 5.75 Å². The highest BCUT2D eigenvalue weighted by Gasteiger charge is 2.19. The molecule has 0 unspecified atom stereocenters. The van der Waals surface area contributed by atoms with E-state index in [4.69, 9.17) is 15.2 Å². The van der Waals surface area contributed by atoms with E-state index in [1.165, 1.54) is 16.2 Å². The largest absolute Gasteiger partial charge is 0.424 e. The first kappa shape index (κ1) is 22.7. The topological polar surface area (TPSA) is 120 Å². The van der Waals surface area contributed by atoms with Gasteiger partial charge in [-0.2, -0.15) is 15.0 Å². The Morgan fingerprint density at radius 3 is 2.48 bits per heavy atom. The molecular formula is C19H22ClN7O3S. The highest BCUT2D eigenvalue weighted by Crippen LogP contribution is 2.28. The molecule has 31 heavy (non-hydrogen) atoms. The quantitative estimate of drug-likeness (QED) is 0.607. The molecule has 1 aliphatic rings. The molecule has 0 saturated carbocycles. The molecule has 1 amide bonds. The van der Waals surface area contributed by atoms with Crippen molar-refractivity contribution in [2.45, 2.75) is 0 Å². The van der Waals surface area contributed by atoms with Crippen LogP contribution in [-0.4, -0.2) is 71.1 Å². The lowest BCUT2D eigenvalue weighted by Crippen LogP contribution is -2.37. The van der Waals surface area contributed by atoms with Crippen molar-refractivity contribution in [2.24, 2.45) is 0 Å². The van der Waals surface area contributed by atoms with Crippen molar-refractivity contribution in [3.05, 3.63) is 36.0 Å². The first-order valence-corrected chi connectivity index (χ1v) is 10.1. The van der Waals surface area contributed by atoms with Crippen LogP contribution in [0.3, 0.4) is 0 Å². The average molecular weight is 464 g/mol. The van der Waals surface area contributed by atoms with Gasteiger partial charge in [0.25, 0.3) is 5.91 Å². The summed E-state index contributed by atoms with van der Waals surface area (Å²) in [5, 5.41) is 0.432. The Labute approximate surface area is 189 Å². The molecule has 10 nitrogen and oxygen atoms in total. The minimum absolute atomic E-state index is 0. The highest BCUT2D eigenvalue weighted by atomic mass is 35.5. The Kier molecular flexibility index (Phi) is 7.21. The van der Waals surface area contributed by atoms with Crippen LogP contribution >= 0.6 is 23.7 Å². The number of thiazole rings is 1. The lowest BCUT2D eigenvalue weighted by molar-refractivity contribution is 0.0827. The van der Waals surface area contributed by atoms with Crippen molar-refractivity contribution < 1.29 is 14.3 Å². The van der Waals surface area contributed by atoms with Crippen molar-refractivity contribution in [3.63, 3.8) is 0 Å². The summed E-state index contributed by atoms with van der Waals surface area (Å²) >= 11 is 1.29. The Balaban J connectivity index is 0.00000272. The molecule has 1 aliphatic heterocycles. The zero-order valence-corrected chi connectivity index (χ0v) is 18.7. The summed E-state index contributed by atoms with van der Waals surface area (Å²) in [6, 6.07) is 6.97. The molecule has 0 aliphatic carbocycles. The number of aromatic nitrogens is 4. The fourth-order valence-corrected chi connectivity index (χ4v) is 3.45. The van der Waals surface area contributed by atoms with E-state index in [1.807, 2.05) is 4.90 Å². The predicted molar refractivity (Wildman–Crippen MR) is 120 cm³/mol. The number of halogens is 1. The van der Waals surface area contributed by atoms with E-state index in [0.29, 0.717) is 54.5 Å². The van der Waals surface area contributed by atoms with Crippen LogP contribution in [0.25, 0.3) is 10.7 Å². The molecule has 1 aromatic carbocycles. The maximum absolute atomic E-state index is 12.1. The smallest absolute Gasteiger partial charge is 0.327 e. The number of benzene rings is 1. The fraction of sp³-hybridized carbons (Fsp3) is 0.316. The average Bonchev–Trinajstić information content (AvgIpc) is 3.20. The summed E-state index contributed by atoms with van der Waals surface area (Å²) < 4.78 is 11.3. The van der Waals surface area contributed by atoms with Crippen molar-refractivity contribution in [1.82, 2.24) is 24.8 Å². The van der Waals surface area contributed by atoms with Crippen LogP contribution in [0, 0.1) is 0 Å². The van der Waals surface area contributed by atoms with Crippen molar-refractivity contribution in [3.8, 4) is 22.5 Å². The molecule has 0 bridgehead atoms. The predicted octanol–water partition coefficient (Wildman–Crippen LogP) is 2.33. The second kappa shape index (κ2) is 9.86. The number of anilines is 2. The van der Waals surface area contributed by atoms with Gasteiger partial charge in [-0.15, -0.1) is 12.4 Å². The number of ether oxygens (including phenoxy) is 2. The van der Waals surface area contributed by atoms with E-state index in [9.17, 15) is 4.79 Å². The van der Waals surface area contributed by atoms with Gasteiger partial charge >= 0.3 is 6.01 Å². The van der Waals surface area contributed by atoms with Gasteiger partial charge in [0.2, 0.25) is 5.95 Å². The van der Waals surface area contributed by atoms with E-state index in [-0.39, 0.29) is 24.3 Å². The molecule has 12 heteroatoms. The van der Waals surface area contributed by atoms with Crippen LogP contribution in [-0.2, 0) is 4.74 Å². The third-order valence-corrected chi connectivity index (χ3v) is 5.18. The molecule has 3 heterocycles. The van der Waals surface area contributed by atoms with Crippen molar-refractivity contribution in [2.75, 3.05) is 51.0 Å². The Morgan fingerprint density at radius 1 is 1.16 bits per heavy atom. The van der Waals surface area contributed by atoms with E-state index in [2.05, 4.69) is 19.9 Å². The number of morpholine rings is 1. The number of carbonyl (C=O) groups excluding carboxylic acids is 1. The molecule has 0 atom stereocenters. The number of nitrogen functional groups attached to an aromatic ring is 1. The summed E-state index contributed by atoms with van der Waals surface area (Å²) in [7, 11) is 3.41. The van der Waals surface area contributed by atoms with E-state index < -0.39 is 0 Å². The molecule has 1 saturated heterocycles. The van der Waals surface area contributed by atoms with Crippen LogP contribution in [0.4, 0.5) is 11.1 Å². The van der Waals surface area contributed by atoms with E-state index in [0.717, 1.165) is 4.88 Å². The number of hydrogen-bond acceptors (Lipinski definition) is 10. The maximum atomic E-state index is 12.1. The van der Waals surface area contributed by atoms with Gasteiger partial charge in [-0.1, -0.05) is 11.3 Å². The number of nitrogens with zero attached hydrogens (tertiary/aromatic N) is 6. The summed E-state index contributed by atoms with van der Waals surface area (Å²) in [6.07, 6.45) is 1.63. The molecule has 4 rings (SSSR count). The molecule has 2 aromatic heterocycles. The zero-order chi connectivity index (χ0) is 21.1. The molecule has 164 valence electrons. The van der Waals surface area contributed by atoms with Crippen LogP contribution < -0.4 is 15.4 Å². The summed E-state index contributed by atoms with van der Waals surface area (Å²) in [5.41, 5.74) is 6.33. The van der Waals surface area contributed by atoms with Gasteiger partial charge in [-0.25, -0.2) is 4.98 Å². The van der Waals surface area contributed by atoms with E-state index >= 15 is 0 Å². The third kappa shape index (κ3) is 5.37. The normalized spacial score (nSPS) is 13.4. The maximum Gasteiger partial charge on any atom is 0.327 e. The van der Waals surface area contributed by atoms with Gasteiger partial charge in [0.05, 0.1) is 24.3 Å². The Morgan fingerprint density at radius 2 is 1.87 bits per heavy atom. The molecule has 1 fully saturated rings. The Hall–Kier alpha value is -3.02. The second-order valence-corrected chi connectivity index (χ2v) is 7.79. The third-order valence-electron chi connectivity index (χ3n) is 4.36. The fourth-order valence-electron chi connectivity index (χ4n) is 2.83. The molecule has 3 aromatic rings. The summed E-state index contributed by atoms with van der Waals surface area (Å²) in [5.74, 6) is 1.38. The monoisotopic (exact) mass is 463 g/mol. The standard InChI is InChI=1S/C19H21N7O3S.ClH/c1-25(2)16(27)12-3-5-13(6-4-12)29-19-23-15(14-11-21-17(20)30-14)22-18(24-19)26-7-9-28-10-8-26;/h3-6,11H,7-10H2,1-2H3,(H2,20,21);1H. The molecule has 2 N–H and O–H groups in total. The van der Waals surface area contributed by atoms with Crippen LogP contribution in [0.2, 0.25) is 0 Å². The number of hydrogen-bond donors (Lipinski definition) is 1. The summed E-state index contributed by atoms with van der Waals surface area (Å²) in [4.78, 5) is 33.9. The molecule has 0 radical (unpaired) electrons. The highest BCUT2D eigenvalue weighted by molar-refractivity contribution is 7.18. The van der Waals surface area contributed by atoms with Gasteiger partial charge in [-0.3, -0.25) is 4.79 Å². The lowest BCUT2D eigenvalue weighted by atomic mass is 10.2. The first-order valence-electron chi connectivity index (χ1n) is 9.29. The van der Waals surface area contributed by atoms with Crippen molar-refractivity contribution in [1.29, 1.82) is 0 Å². The van der Waals surface area contributed by atoms with Gasteiger partial charge in [0.15, 0.2) is 11.0 Å². The SMILES string of the molecule is CN(C)C(=O)c1ccc(Oc2nc(-c3cnc(N)s3)nc(N3CCOCC3)n2)cc1.Cl. The van der Waals surface area contributed by atoms with Crippen LogP contribution in [0.5, 0.6) is 11.8 Å². The van der Waals surface area contributed by atoms with Crippen molar-refractivity contribution >= 4 is 40.7 Å². The van der Waals surface area contributed by atoms with Gasteiger partial charge < -0.3 is 25.0 Å². The second-order valence-electron chi connectivity index (χ2n) is 6.73. The van der Waals surface area contributed by atoms with Gasteiger partial charge in [-0.05, 0) is 24.3 Å². The van der Waals surface area contributed by atoms with Crippen LogP contribution in [0.15, 0.2) is 30.5 Å². The minimum atomic E-state index is -0.0821. The zero-order valence-electron chi connectivity index (χ0n) is 17.0. The first-order chi connectivity index (χ1) is 14.5. The number of amides is 1. The summed E-state index contributed by atoms with van der Waals surface area (Å²) in [6.45, 7) is 2.56. The van der Waals surface area contributed by atoms with E-state index in [1.54, 1.807) is 44.6 Å². The minimum Gasteiger partial charge on any atom is -0.424 e. The number of nitrogens with two attached hydrogens (primary N) is 1. The Bertz CT molecular complexity index is 1040.